The Morgan fingerprint density at radius 2 is 2.16 bits per heavy atom. The quantitative estimate of drug-likeness (QED) is 0.826. The van der Waals surface area contributed by atoms with Gasteiger partial charge >= 0.3 is 0 Å². The fourth-order valence-electron chi connectivity index (χ4n) is 3.32. The molecule has 19 heavy (non-hydrogen) atoms. The number of thiophene rings is 1. The van der Waals surface area contributed by atoms with Crippen LogP contribution in [0.5, 0.6) is 0 Å². The van der Waals surface area contributed by atoms with E-state index in [9.17, 15) is 5.11 Å². The van der Waals surface area contributed by atoms with E-state index in [1.54, 1.807) is 11.3 Å². The lowest BCUT2D eigenvalue weighted by Gasteiger charge is -2.42. The molecule has 1 unspecified atom stereocenters. The van der Waals surface area contributed by atoms with Crippen LogP contribution in [0.1, 0.15) is 56.4 Å². The number of nitrogens with two attached hydrogens (primary N) is 1. The molecule has 1 atom stereocenters. The van der Waals surface area contributed by atoms with Crippen LogP contribution in [0, 0.1) is 11.3 Å². The van der Waals surface area contributed by atoms with Crippen LogP contribution in [0.2, 0.25) is 0 Å². The molecule has 3 N–H and O–H groups in total. The number of rotatable bonds is 5. The predicted molar refractivity (Wildman–Crippen MR) is 85.3 cm³/mol. The van der Waals surface area contributed by atoms with Gasteiger partial charge in [-0.1, -0.05) is 19.8 Å². The van der Waals surface area contributed by atoms with E-state index in [2.05, 4.69) is 22.9 Å². The Labute approximate surface area is 128 Å². The van der Waals surface area contributed by atoms with Gasteiger partial charge in [-0.15, -0.1) is 11.3 Å². The number of hydrogen-bond donors (Lipinski definition) is 2. The summed E-state index contributed by atoms with van der Waals surface area (Å²) in [6.45, 7) is 2.84. The number of hydrogen-bond acceptors (Lipinski definition) is 3. The third kappa shape index (κ3) is 3.41. The van der Waals surface area contributed by atoms with Crippen molar-refractivity contribution in [3.05, 3.63) is 20.8 Å². The van der Waals surface area contributed by atoms with Gasteiger partial charge in [-0.05, 0) is 59.7 Å². The highest BCUT2D eigenvalue weighted by Gasteiger charge is 2.41. The topological polar surface area (TPSA) is 46.2 Å². The highest BCUT2D eigenvalue weighted by Crippen LogP contribution is 2.49. The van der Waals surface area contributed by atoms with E-state index in [0.29, 0.717) is 6.54 Å². The lowest BCUT2D eigenvalue weighted by atomic mass is 9.66. The summed E-state index contributed by atoms with van der Waals surface area (Å²) in [6.07, 6.45) is 6.73. The second-order valence-electron chi connectivity index (χ2n) is 5.84. The van der Waals surface area contributed by atoms with E-state index in [0.717, 1.165) is 27.4 Å². The molecule has 108 valence electrons. The molecule has 4 heteroatoms. The van der Waals surface area contributed by atoms with Crippen molar-refractivity contribution < 1.29 is 5.11 Å². The maximum absolute atomic E-state index is 10.7. The Kier molecular flexibility index (Phi) is 5.46. The van der Waals surface area contributed by atoms with Crippen molar-refractivity contribution >= 4 is 27.3 Å². The summed E-state index contributed by atoms with van der Waals surface area (Å²) in [7, 11) is 0. The molecule has 0 amide bonds. The molecule has 0 bridgehead atoms. The van der Waals surface area contributed by atoms with Gasteiger partial charge in [-0.3, -0.25) is 0 Å². The van der Waals surface area contributed by atoms with Crippen LogP contribution in [0.4, 0.5) is 0 Å². The molecular weight excluding hydrogens is 322 g/mol. The fourth-order valence-corrected chi connectivity index (χ4v) is 4.87. The molecule has 0 aromatic carbocycles. The zero-order valence-corrected chi connectivity index (χ0v) is 14.0. The van der Waals surface area contributed by atoms with Crippen molar-refractivity contribution in [3.8, 4) is 0 Å². The van der Waals surface area contributed by atoms with E-state index in [1.807, 2.05) is 12.1 Å². The maximum atomic E-state index is 10.7. The zero-order chi connectivity index (χ0) is 13.9. The van der Waals surface area contributed by atoms with Gasteiger partial charge in [0.15, 0.2) is 0 Å². The zero-order valence-electron chi connectivity index (χ0n) is 11.6. The molecule has 1 fully saturated rings. The smallest absolute Gasteiger partial charge is 0.0950 e. The first kappa shape index (κ1) is 15.5. The number of aliphatic hydroxyl groups is 1. The van der Waals surface area contributed by atoms with Crippen molar-refractivity contribution in [2.75, 3.05) is 6.54 Å². The Morgan fingerprint density at radius 1 is 1.47 bits per heavy atom. The third-order valence-electron chi connectivity index (χ3n) is 4.65. The molecular formula is C15H24BrNOS. The van der Waals surface area contributed by atoms with E-state index in [-0.39, 0.29) is 5.41 Å². The molecule has 0 saturated heterocycles. The van der Waals surface area contributed by atoms with Gasteiger partial charge in [0.05, 0.1) is 9.89 Å². The predicted octanol–water partition coefficient (Wildman–Crippen LogP) is 4.48. The van der Waals surface area contributed by atoms with Crippen LogP contribution in [-0.2, 0) is 0 Å². The first-order valence-electron chi connectivity index (χ1n) is 7.24. The van der Waals surface area contributed by atoms with Crippen molar-refractivity contribution in [1.29, 1.82) is 0 Å². The second kappa shape index (κ2) is 6.70. The van der Waals surface area contributed by atoms with Gasteiger partial charge in [0.25, 0.3) is 0 Å². The molecule has 2 nitrogen and oxygen atoms in total. The standard InChI is InChI=1S/C15H24BrNOS/c1-2-3-11-6-8-15(10-17,9-7-11)14(18)12-4-5-13(16)19-12/h4-5,11,14,18H,2-3,6-10,17H2,1H3. The van der Waals surface area contributed by atoms with Gasteiger partial charge in [0, 0.05) is 16.8 Å². The summed E-state index contributed by atoms with van der Waals surface area (Å²) in [6, 6.07) is 4.03. The average molecular weight is 346 g/mol. The third-order valence-corrected chi connectivity index (χ3v) is 6.32. The molecule has 0 spiro atoms. The minimum absolute atomic E-state index is 0.103. The number of halogens is 1. The molecule has 1 aromatic rings. The molecule has 0 radical (unpaired) electrons. The lowest BCUT2D eigenvalue weighted by molar-refractivity contribution is -0.00859. The van der Waals surface area contributed by atoms with Crippen LogP contribution in [0.15, 0.2) is 15.9 Å². The molecule has 1 aliphatic carbocycles. The van der Waals surface area contributed by atoms with Gasteiger partial charge < -0.3 is 10.8 Å². The van der Waals surface area contributed by atoms with Gasteiger partial charge in [0.1, 0.15) is 0 Å². The first-order chi connectivity index (χ1) is 9.11. The van der Waals surface area contributed by atoms with Crippen LogP contribution in [-0.4, -0.2) is 11.7 Å². The Bertz CT molecular complexity index is 399. The molecule has 1 heterocycles. The summed E-state index contributed by atoms with van der Waals surface area (Å²) in [5.74, 6) is 0.840. The summed E-state index contributed by atoms with van der Waals surface area (Å²) in [5.41, 5.74) is 5.93. The van der Waals surface area contributed by atoms with Gasteiger partial charge in [-0.25, -0.2) is 0 Å². The Hall–Kier alpha value is 0.1000. The van der Waals surface area contributed by atoms with Crippen LogP contribution in [0.25, 0.3) is 0 Å². The van der Waals surface area contributed by atoms with Crippen molar-refractivity contribution in [1.82, 2.24) is 0 Å². The number of aliphatic hydroxyl groups excluding tert-OH is 1. The summed E-state index contributed by atoms with van der Waals surface area (Å²) in [4.78, 5) is 1.05. The second-order valence-corrected chi connectivity index (χ2v) is 8.34. The first-order valence-corrected chi connectivity index (χ1v) is 8.85. The minimum atomic E-state index is -0.406. The van der Waals surface area contributed by atoms with Crippen LogP contribution in [0.3, 0.4) is 0 Å². The SMILES string of the molecule is CCCC1CCC(CN)(C(O)c2ccc(Br)s2)CC1. The Balaban J connectivity index is 2.07. The van der Waals surface area contributed by atoms with Crippen molar-refractivity contribution in [2.45, 2.75) is 51.6 Å². The van der Waals surface area contributed by atoms with E-state index >= 15 is 0 Å². The highest BCUT2D eigenvalue weighted by molar-refractivity contribution is 9.11. The van der Waals surface area contributed by atoms with Gasteiger partial charge in [-0.2, -0.15) is 0 Å². The van der Waals surface area contributed by atoms with E-state index < -0.39 is 6.10 Å². The molecule has 0 aliphatic heterocycles. The fraction of sp³-hybridized carbons (Fsp3) is 0.733. The van der Waals surface area contributed by atoms with E-state index in [4.69, 9.17) is 5.73 Å². The Morgan fingerprint density at radius 3 is 2.63 bits per heavy atom. The highest BCUT2D eigenvalue weighted by atomic mass is 79.9. The van der Waals surface area contributed by atoms with Gasteiger partial charge in [0.2, 0.25) is 0 Å². The van der Waals surface area contributed by atoms with E-state index in [1.165, 1.54) is 25.7 Å². The van der Waals surface area contributed by atoms with Crippen LogP contribution >= 0.6 is 27.3 Å². The summed E-state index contributed by atoms with van der Waals surface area (Å²) < 4.78 is 1.08. The average Bonchev–Trinajstić information content (AvgIpc) is 2.86. The largest absolute Gasteiger partial charge is 0.387 e. The lowest BCUT2D eigenvalue weighted by Crippen LogP contribution is -2.40. The molecule has 1 saturated carbocycles. The normalized spacial score (nSPS) is 29.4. The molecule has 1 aliphatic rings. The molecule has 2 rings (SSSR count). The van der Waals surface area contributed by atoms with Crippen LogP contribution < -0.4 is 5.73 Å². The minimum Gasteiger partial charge on any atom is -0.387 e. The summed E-state index contributed by atoms with van der Waals surface area (Å²) in [5, 5.41) is 10.7. The van der Waals surface area contributed by atoms with Crippen molar-refractivity contribution in [3.63, 3.8) is 0 Å². The molecule has 1 aromatic heterocycles. The summed E-state index contributed by atoms with van der Waals surface area (Å²) >= 11 is 5.10. The maximum Gasteiger partial charge on any atom is 0.0950 e. The monoisotopic (exact) mass is 345 g/mol. The van der Waals surface area contributed by atoms with Crippen molar-refractivity contribution in [2.24, 2.45) is 17.1 Å².